The highest BCUT2D eigenvalue weighted by atomic mass is 35.5. The third kappa shape index (κ3) is 7.45. The van der Waals surface area contributed by atoms with Gasteiger partial charge in [0.1, 0.15) is 23.2 Å². The summed E-state index contributed by atoms with van der Waals surface area (Å²) in [5.74, 6) is -11.7. The first-order valence-corrected chi connectivity index (χ1v) is 16.5. The summed E-state index contributed by atoms with van der Waals surface area (Å²) in [7, 11) is -6.66. The Hall–Kier alpha value is -5.27. The number of amides is 5. The van der Waals surface area contributed by atoms with Crippen molar-refractivity contribution in [2.24, 2.45) is 0 Å². The largest absolute Gasteiger partial charge is 0.547 e. The Balaban J connectivity index is 1.36. The van der Waals surface area contributed by atoms with Crippen molar-refractivity contribution >= 4 is 61.3 Å². The van der Waals surface area contributed by atoms with Gasteiger partial charge in [0.05, 0.1) is 16.3 Å². The zero-order valence-corrected chi connectivity index (χ0v) is 27.3. The molecule has 2 aliphatic rings. The number of aromatic carboxylic acids is 1. The molecule has 268 valence electrons. The van der Waals surface area contributed by atoms with Crippen LogP contribution in [0, 0.1) is 11.6 Å². The fraction of sp³-hybridized carbons (Fsp3) is 0.207. The van der Waals surface area contributed by atoms with Crippen LogP contribution in [0.1, 0.15) is 33.1 Å². The number of rotatable bonds is 8. The minimum absolute atomic E-state index is 0.0823. The standard InChI is InChI=1S/C29H25BClF2N4O13P/c31-20-14(9-17(33)22(38)23(20)39)11-36-7-8-37(27(42)26(36)41)29(45)35-21(12-1-4-15(5-2-12)51(47,48)49)25(40)34-18-10-13-3-6-16(32)19(28(43)44)24(13)50-30(18)46/h1-6,9,18,21,38-39,46H,7-8,10-11H2,(H,34,40)(H,35,45)(H,43,44)(H2,47,48,49)/t18-,21?/m0/s1. The summed E-state index contributed by atoms with van der Waals surface area (Å²) in [5, 5.41) is 43.1. The number of carbonyl (C=O) groups excluding carboxylic acids is 4. The van der Waals surface area contributed by atoms with E-state index in [4.69, 9.17) is 16.3 Å². The van der Waals surface area contributed by atoms with Gasteiger partial charge in [-0.2, -0.15) is 0 Å². The summed E-state index contributed by atoms with van der Waals surface area (Å²) >= 11 is 5.94. The quantitative estimate of drug-likeness (QED) is 0.0667. The molecule has 2 heterocycles. The minimum atomic E-state index is -4.74. The van der Waals surface area contributed by atoms with Crippen LogP contribution in [0.2, 0.25) is 5.02 Å². The predicted octanol–water partition coefficient (Wildman–Crippen LogP) is 0.292. The normalized spacial score (nSPS) is 16.7. The SMILES string of the molecule is O=C(O)c1c(F)ccc2c1OB(O)[C@@H](NC(=O)C(NC(=O)N1CCN(Cc3cc(F)c(O)c(O)c3Cl)C(=O)C1=O)c1ccc(P(=O)(O)O)cc1)C2. The van der Waals surface area contributed by atoms with E-state index >= 15 is 0 Å². The lowest BCUT2D eigenvalue weighted by Crippen LogP contribution is -2.60. The van der Waals surface area contributed by atoms with Gasteiger partial charge in [-0.15, -0.1) is 0 Å². The van der Waals surface area contributed by atoms with Gasteiger partial charge < -0.3 is 50.3 Å². The number of fused-ring (bicyclic) bond motifs is 1. The van der Waals surface area contributed by atoms with E-state index in [2.05, 4.69) is 10.6 Å². The Kier molecular flexibility index (Phi) is 10.3. The molecule has 22 heteroatoms. The number of carbonyl (C=O) groups is 5. The van der Waals surface area contributed by atoms with Gasteiger partial charge in [0.2, 0.25) is 5.91 Å². The van der Waals surface area contributed by atoms with Crippen LogP contribution in [-0.2, 0) is 31.9 Å². The monoisotopic (exact) mass is 752 g/mol. The number of urea groups is 1. The summed E-state index contributed by atoms with van der Waals surface area (Å²) in [4.78, 5) is 84.9. The molecular formula is C29H25BClF2N4O13P. The zero-order chi connectivity index (χ0) is 37.5. The number of imide groups is 1. The van der Waals surface area contributed by atoms with Crippen molar-refractivity contribution in [2.75, 3.05) is 13.1 Å². The Morgan fingerprint density at radius 3 is 2.31 bits per heavy atom. The van der Waals surface area contributed by atoms with Crippen molar-refractivity contribution < 1.29 is 72.1 Å². The van der Waals surface area contributed by atoms with Crippen molar-refractivity contribution in [3.63, 3.8) is 0 Å². The Morgan fingerprint density at radius 2 is 1.69 bits per heavy atom. The van der Waals surface area contributed by atoms with E-state index in [1.807, 2.05) is 0 Å². The summed E-state index contributed by atoms with van der Waals surface area (Å²) < 4.78 is 45.1. The molecule has 5 amide bonds. The first kappa shape index (κ1) is 37.0. The van der Waals surface area contributed by atoms with Crippen LogP contribution < -0.4 is 20.6 Å². The lowest BCUT2D eigenvalue weighted by Gasteiger charge is -2.34. The van der Waals surface area contributed by atoms with E-state index in [-0.39, 0.29) is 29.7 Å². The molecule has 17 nitrogen and oxygen atoms in total. The van der Waals surface area contributed by atoms with E-state index < -0.39 is 114 Å². The molecule has 0 aliphatic carbocycles. The Bertz CT molecular complexity index is 2020. The van der Waals surface area contributed by atoms with Gasteiger partial charge in [0.15, 0.2) is 17.3 Å². The second-order valence-electron chi connectivity index (χ2n) is 11.3. The fourth-order valence-corrected chi connectivity index (χ4v) is 6.12. The average Bonchev–Trinajstić information content (AvgIpc) is 3.07. The number of nitrogens with zero attached hydrogens (tertiary/aromatic N) is 2. The van der Waals surface area contributed by atoms with Crippen LogP contribution in [0.25, 0.3) is 0 Å². The van der Waals surface area contributed by atoms with E-state index in [0.717, 1.165) is 41.3 Å². The third-order valence-corrected chi connectivity index (χ3v) is 9.39. The molecule has 1 unspecified atom stereocenters. The van der Waals surface area contributed by atoms with E-state index in [0.29, 0.717) is 4.90 Å². The summed E-state index contributed by atoms with van der Waals surface area (Å²) in [5.41, 5.74) is -0.993. The molecule has 5 rings (SSSR count). The number of phenolic OH excluding ortho intramolecular Hbond substituents is 2. The first-order valence-electron chi connectivity index (χ1n) is 14.5. The van der Waals surface area contributed by atoms with Crippen LogP contribution >= 0.6 is 19.2 Å². The van der Waals surface area contributed by atoms with Crippen LogP contribution in [0.3, 0.4) is 0 Å². The second-order valence-corrected chi connectivity index (χ2v) is 13.3. The molecule has 51 heavy (non-hydrogen) atoms. The summed E-state index contributed by atoms with van der Waals surface area (Å²) in [6.07, 6.45) is -0.276. The molecule has 0 aromatic heterocycles. The number of aromatic hydroxyl groups is 2. The van der Waals surface area contributed by atoms with Gasteiger partial charge in [0.25, 0.3) is 0 Å². The van der Waals surface area contributed by atoms with Crippen LogP contribution in [0.5, 0.6) is 17.2 Å². The smallest absolute Gasteiger partial charge is 0.534 e. The number of nitrogens with one attached hydrogen (secondary N) is 2. The molecule has 1 saturated heterocycles. The Morgan fingerprint density at radius 1 is 1.02 bits per heavy atom. The fourth-order valence-electron chi connectivity index (χ4n) is 5.38. The molecule has 2 aliphatic heterocycles. The lowest BCUT2D eigenvalue weighted by molar-refractivity contribution is -0.154. The second kappa shape index (κ2) is 14.2. The number of phenols is 2. The van der Waals surface area contributed by atoms with Gasteiger partial charge in [-0.05, 0) is 47.4 Å². The molecule has 2 atom stereocenters. The van der Waals surface area contributed by atoms with Crippen LogP contribution in [0.4, 0.5) is 13.6 Å². The van der Waals surface area contributed by atoms with E-state index in [1.54, 1.807) is 0 Å². The van der Waals surface area contributed by atoms with Crippen molar-refractivity contribution in [1.29, 1.82) is 0 Å². The molecule has 0 saturated carbocycles. The lowest BCUT2D eigenvalue weighted by atomic mass is 9.72. The van der Waals surface area contributed by atoms with Gasteiger partial charge in [-0.3, -0.25) is 23.8 Å². The van der Waals surface area contributed by atoms with Crippen molar-refractivity contribution in [2.45, 2.75) is 24.9 Å². The van der Waals surface area contributed by atoms with Crippen LogP contribution in [0.15, 0.2) is 42.5 Å². The van der Waals surface area contributed by atoms with Gasteiger partial charge in [0, 0.05) is 19.6 Å². The van der Waals surface area contributed by atoms with E-state index in [9.17, 15) is 67.4 Å². The molecule has 0 spiro atoms. The summed E-state index contributed by atoms with van der Waals surface area (Å²) in [6.45, 7) is -1.29. The van der Waals surface area contributed by atoms with Crippen molar-refractivity contribution in [3.8, 4) is 17.2 Å². The maximum Gasteiger partial charge on any atom is 0.547 e. The van der Waals surface area contributed by atoms with Crippen LogP contribution in [-0.4, -0.2) is 95.8 Å². The van der Waals surface area contributed by atoms with Crippen molar-refractivity contribution in [3.05, 3.63) is 81.4 Å². The molecule has 0 radical (unpaired) electrons. The van der Waals surface area contributed by atoms with Gasteiger partial charge in [-0.25, -0.2) is 18.4 Å². The first-order chi connectivity index (χ1) is 23.9. The molecular weight excluding hydrogens is 728 g/mol. The molecule has 3 aromatic carbocycles. The Labute approximate surface area is 290 Å². The number of benzene rings is 3. The van der Waals surface area contributed by atoms with Gasteiger partial charge in [-0.1, -0.05) is 29.8 Å². The number of halogens is 3. The zero-order valence-electron chi connectivity index (χ0n) is 25.6. The number of carboxylic acids is 1. The predicted molar refractivity (Wildman–Crippen MR) is 169 cm³/mol. The molecule has 8 N–H and O–H groups in total. The highest BCUT2D eigenvalue weighted by Gasteiger charge is 2.42. The number of piperazine rings is 1. The molecule has 1 fully saturated rings. The average molecular weight is 753 g/mol. The number of hydrogen-bond donors (Lipinski definition) is 8. The molecule has 0 bridgehead atoms. The molecule has 3 aromatic rings. The minimum Gasteiger partial charge on any atom is -0.534 e. The number of hydrogen-bond acceptors (Lipinski definition) is 10. The highest BCUT2D eigenvalue weighted by Crippen LogP contribution is 2.39. The van der Waals surface area contributed by atoms with Crippen molar-refractivity contribution in [1.82, 2.24) is 20.4 Å². The highest BCUT2D eigenvalue weighted by molar-refractivity contribution is 7.60. The van der Waals surface area contributed by atoms with E-state index in [1.165, 1.54) is 6.07 Å². The van der Waals surface area contributed by atoms with Gasteiger partial charge >= 0.3 is 38.5 Å². The third-order valence-electron chi connectivity index (χ3n) is 8.00. The maximum absolute atomic E-state index is 14.2. The number of carboxylic acid groups (broad SMARTS) is 1. The maximum atomic E-state index is 14.2. The topological polar surface area (TPSA) is 264 Å². The summed E-state index contributed by atoms with van der Waals surface area (Å²) in [6, 6.07) is 3.88.